The third-order valence-corrected chi connectivity index (χ3v) is 5.16. The summed E-state index contributed by atoms with van der Waals surface area (Å²) in [6, 6.07) is 6.11. The number of methoxy groups -OCH3 is 2. The summed E-state index contributed by atoms with van der Waals surface area (Å²) in [5, 5.41) is 7.34. The molecular weight excluding hydrogens is 320 g/mol. The third-order valence-electron chi connectivity index (χ3n) is 4.94. The zero-order chi connectivity index (χ0) is 17.7. The first-order chi connectivity index (χ1) is 11.3. The van der Waals surface area contributed by atoms with Crippen LogP contribution < -0.4 is 20.1 Å². The van der Waals surface area contributed by atoms with Crippen LogP contribution in [0.1, 0.15) is 46.5 Å². The number of ether oxygens (including phenoxy) is 2. The summed E-state index contributed by atoms with van der Waals surface area (Å²) in [4.78, 5) is 0. The molecule has 0 radical (unpaired) electrons. The van der Waals surface area contributed by atoms with Gasteiger partial charge in [-0.25, -0.2) is 0 Å². The zero-order valence-electron chi connectivity index (χ0n) is 15.4. The Kier molecular flexibility index (Phi) is 6.33. The van der Waals surface area contributed by atoms with Gasteiger partial charge < -0.3 is 20.1 Å². The number of hydrogen-bond acceptors (Lipinski definition) is 3. The maximum Gasteiger partial charge on any atom is 0.171 e. The SMILES string of the molecule is COc1ccc(NC(=S)NC2CCC(C(C)(C)C)CC2)c(OC)c1. The fraction of sp³-hybridized carbons (Fsp3) is 0.632. The highest BCUT2D eigenvalue weighted by Gasteiger charge is 2.29. The third kappa shape index (κ3) is 5.00. The summed E-state index contributed by atoms with van der Waals surface area (Å²) in [5.74, 6) is 2.28. The van der Waals surface area contributed by atoms with Crippen LogP contribution in [0.25, 0.3) is 0 Å². The van der Waals surface area contributed by atoms with Crippen LogP contribution in [-0.2, 0) is 0 Å². The van der Waals surface area contributed by atoms with E-state index in [0.29, 0.717) is 16.6 Å². The van der Waals surface area contributed by atoms with Crippen molar-refractivity contribution in [1.29, 1.82) is 0 Å². The van der Waals surface area contributed by atoms with Crippen molar-refractivity contribution in [3.8, 4) is 11.5 Å². The summed E-state index contributed by atoms with van der Waals surface area (Å²) in [7, 11) is 3.28. The lowest BCUT2D eigenvalue weighted by molar-refractivity contribution is 0.166. The number of nitrogens with one attached hydrogen (secondary N) is 2. The Morgan fingerprint density at radius 2 is 1.75 bits per heavy atom. The van der Waals surface area contributed by atoms with Crippen molar-refractivity contribution in [2.45, 2.75) is 52.5 Å². The van der Waals surface area contributed by atoms with Gasteiger partial charge in [-0.05, 0) is 61.4 Å². The largest absolute Gasteiger partial charge is 0.497 e. The summed E-state index contributed by atoms with van der Waals surface area (Å²) in [6.45, 7) is 7.02. The lowest BCUT2D eigenvalue weighted by Crippen LogP contribution is -2.41. The van der Waals surface area contributed by atoms with Crippen molar-refractivity contribution < 1.29 is 9.47 Å². The van der Waals surface area contributed by atoms with Crippen molar-refractivity contribution in [3.63, 3.8) is 0 Å². The normalized spacial score (nSPS) is 21.0. The molecule has 0 atom stereocenters. The zero-order valence-corrected chi connectivity index (χ0v) is 16.3. The van der Waals surface area contributed by atoms with Gasteiger partial charge in [-0.15, -0.1) is 0 Å². The molecule has 0 unspecified atom stereocenters. The lowest BCUT2D eigenvalue weighted by Gasteiger charge is -2.37. The standard InChI is InChI=1S/C19H30N2O2S/c1-19(2,3)13-6-8-14(9-7-13)20-18(24)21-16-11-10-15(22-4)12-17(16)23-5/h10-14H,6-9H2,1-5H3,(H2,20,21,24). The minimum Gasteiger partial charge on any atom is -0.497 e. The number of rotatable bonds is 4. The van der Waals surface area contributed by atoms with E-state index in [2.05, 4.69) is 31.4 Å². The molecule has 1 aromatic rings. The highest BCUT2D eigenvalue weighted by molar-refractivity contribution is 7.80. The highest BCUT2D eigenvalue weighted by Crippen LogP contribution is 2.37. The fourth-order valence-corrected chi connectivity index (χ4v) is 3.63. The monoisotopic (exact) mass is 350 g/mol. The lowest BCUT2D eigenvalue weighted by atomic mass is 9.71. The molecular formula is C19H30N2O2S. The number of thiocarbonyl (C=S) groups is 1. The minimum absolute atomic E-state index is 0.403. The Morgan fingerprint density at radius 1 is 1.08 bits per heavy atom. The van der Waals surface area contributed by atoms with Gasteiger partial charge in [-0.2, -0.15) is 0 Å². The molecule has 0 aliphatic heterocycles. The molecule has 0 saturated heterocycles. The molecule has 1 aliphatic carbocycles. The molecule has 4 nitrogen and oxygen atoms in total. The van der Waals surface area contributed by atoms with Gasteiger partial charge in [0.05, 0.1) is 19.9 Å². The van der Waals surface area contributed by atoms with E-state index in [-0.39, 0.29) is 0 Å². The van der Waals surface area contributed by atoms with Crippen molar-refractivity contribution in [3.05, 3.63) is 18.2 Å². The van der Waals surface area contributed by atoms with Crippen molar-refractivity contribution in [2.24, 2.45) is 11.3 Å². The van der Waals surface area contributed by atoms with E-state index in [9.17, 15) is 0 Å². The molecule has 0 bridgehead atoms. The first-order valence-corrected chi connectivity index (χ1v) is 9.04. The van der Waals surface area contributed by atoms with Gasteiger partial charge in [0.1, 0.15) is 11.5 Å². The van der Waals surface area contributed by atoms with Crippen LogP contribution in [0, 0.1) is 11.3 Å². The second-order valence-electron chi connectivity index (χ2n) is 7.58. The van der Waals surface area contributed by atoms with E-state index in [1.165, 1.54) is 25.7 Å². The molecule has 1 saturated carbocycles. The molecule has 24 heavy (non-hydrogen) atoms. The molecule has 0 spiro atoms. The molecule has 0 amide bonds. The predicted octanol–water partition coefficient (Wildman–Crippen LogP) is 4.60. The van der Waals surface area contributed by atoms with Crippen LogP contribution in [0.2, 0.25) is 0 Å². The van der Waals surface area contributed by atoms with Crippen LogP contribution in [0.5, 0.6) is 11.5 Å². The Balaban J connectivity index is 1.88. The molecule has 2 rings (SSSR count). The summed E-state index contributed by atoms with van der Waals surface area (Å²) in [6.07, 6.45) is 4.86. The first-order valence-electron chi connectivity index (χ1n) is 8.63. The van der Waals surface area contributed by atoms with Gasteiger partial charge >= 0.3 is 0 Å². The Hall–Kier alpha value is -1.49. The Bertz CT molecular complexity index is 561. The highest BCUT2D eigenvalue weighted by atomic mass is 32.1. The topological polar surface area (TPSA) is 42.5 Å². The fourth-order valence-electron chi connectivity index (χ4n) is 3.35. The Labute approximate surface area is 151 Å². The average molecular weight is 351 g/mol. The summed E-state index contributed by atoms with van der Waals surface area (Å²) >= 11 is 5.48. The number of anilines is 1. The quantitative estimate of drug-likeness (QED) is 0.777. The second-order valence-corrected chi connectivity index (χ2v) is 7.99. The van der Waals surface area contributed by atoms with E-state index in [1.807, 2.05) is 18.2 Å². The molecule has 1 aromatic carbocycles. The number of benzene rings is 1. The Morgan fingerprint density at radius 3 is 2.29 bits per heavy atom. The van der Waals surface area contributed by atoms with E-state index < -0.39 is 0 Å². The van der Waals surface area contributed by atoms with Crippen molar-refractivity contribution in [2.75, 3.05) is 19.5 Å². The minimum atomic E-state index is 0.403. The molecule has 0 aromatic heterocycles. The van der Waals surface area contributed by atoms with Gasteiger partial charge in [0.15, 0.2) is 5.11 Å². The van der Waals surface area contributed by atoms with Gasteiger partial charge in [0.2, 0.25) is 0 Å². The van der Waals surface area contributed by atoms with Crippen LogP contribution in [-0.4, -0.2) is 25.4 Å². The van der Waals surface area contributed by atoms with Crippen LogP contribution in [0.3, 0.4) is 0 Å². The average Bonchev–Trinajstić information content (AvgIpc) is 2.54. The van der Waals surface area contributed by atoms with Crippen molar-refractivity contribution in [1.82, 2.24) is 5.32 Å². The van der Waals surface area contributed by atoms with E-state index in [0.717, 1.165) is 23.1 Å². The van der Waals surface area contributed by atoms with Crippen LogP contribution in [0.4, 0.5) is 5.69 Å². The van der Waals surface area contributed by atoms with Gasteiger partial charge in [-0.3, -0.25) is 0 Å². The van der Waals surface area contributed by atoms with Gasteiger partial charge in [0, 0.05) is 12.1 Å². The van der Waals surface area contributed by atoms with Gasteiger partial charge in [0.25, 0.3) is 0 Å². The summed E-state index contributed by atoms with van der Waals surface area (Å²) < 4.78 is 10.6. The number of hydrogen-bond donors (Lipinski definition) is 2. The summed E-state index contributed by atoms with van der Waals surface area (Å²) in [5.41, 5.74) is 1.25. The molecule has 2 N–H and O–H groups in total. The van der Waals surface area contributed by atoms with Crippen LogP contribution >= 0.6 is 12.2 Å². The van der Waals surface area contributed by atoms with Crippen molar-refractivity contribution >= 4 is 23.0 Å². The van der Waals surface area contributed by atoms with E-state index >= 15 is 0 Å². The van der Waals surface area contributed by atoms with E-state index in [4.69, 9.17) is 21.7 Å². The molecule has 1 fully saturated rings. The predicted molar refractivity (Wildman–Crippen MR) is 104 cm³/mol. The van der Waals surface area contributed by atoms with Crippen LogP contribution in [0.15, 0.2) is 18.2 Å². The molecule has 1 aliphatic rings. The molecule has 0 heterocycles. The smallest absolute Gasteiger partial charge is 0.171 e. The second kappa shape index (κ2) is 8.06. The molecule has 134 valence electrons. The van der Waals surface area contributed by atoms with Gasteiger partial charge in [-0.1, -0.05) is 20.8 Å². The first kappa shape index (κ1) is 18.8. The maximum absolute atomic E-state index is 5.48. The maximum atomic E-state index is 5.48. The van der Waals surface area contributed by atoms with E-state index in [1.54, 1.807) is 14.2 Å². The molecule has 5 heteroatoms.